The fourth-order valence-corrected chi connectivity index (χ4v) is 6.07. The SMILES string of the molecule is CCCCC/C=C\C/C=C\C/C=C\CCCCCCCCC(=O)NC(COP(=O)([O-])OCC[N+](C)(C)C)C(O)/C=C/CC/C=C/CCCCCCC. The minimum Gasteiger partial charge on any atom is -0.756 e. The lowest BCUT2D eigenvalue weighted by Crippen LogP contribution is -2.45. The minimum atomic E-state index is -4.59. The number of allylic oxidation sites excluding steroid dienone is 9. The first kappa shape index (κ1) is 50.2. The predicted molar refractivity (Wildman–Crippen MR) is 219 cm³/mol. The molecule has 302 valence electrons. The number of unbranched alkanes of at least 4 members (excludes halogenated alkanes) is 15. The molecule has 0 heterocycles. The third-order valence-corrected chi connectivity index (χ3v) is 9.66. The van der Waals surface area contributed by atoms with E-state index in [-0.39, 0.29) is 12.5 Å². The number of amides is 1. The quantitative estimate of drug-likeness (QED) is 0.0286. The second-order valence-electron chi connectivity index (χ2n) is 15.0. The predicted octanol–water partition coefficient (Wildman–Crippen LogP) is 10.4. The third-order valence-electron chi connectivity index (χ3n) is 8.70. The van der Waals surface area contributed by atoms with Gasteiger partial charge >= 0.3 is 0 Å². The molecule has 0 aliphatic rings. The summed E-state index contributed by atoms with van der Waals surface area (Å²) in [6.07, 6.45) is 44.1. The molecule has 8 nitrogen and oxygen atoms in total. The van der Waals surface area contributed by atoms with Gasteiger partial charge < -0.3 is 28.8 Å². The number of nitrogens with one attached hydrogen (secondary N) is 1. The minimum absolute atomic E-state index is 0.0120. The Balaban J connectivity index is 4.49. The first-order valence-electron chi connectivity index (χ1n) is 20.7. The van der Waals surface area contributed by atoms with Gasteiger partial charge in [-0.15, -0.1) is 0 Å². The number of phosphoric ester groups is 1. The van der Waals surface area contributed by atoms with E-state index < -0.39 is 26.6 Å². The Bertz CT molecular complexity index is 1030. The summed E-state index contributed by atoms with van der Waals surface area (Å²) in [5.41, 5.74) is 0. The van der Waals surface area contributed by atoms with E-state index in [1.54, 1.807) is 6.08 Å². The summed E-state index contributed by atoms with van der Waals surface area (Å²) < 4.78 is 23.1. The van der Waals surface area contributed by atoms with Gasteiger partial charge in [-0.25, -0.2) is 0 Å². The maximum atomic E-state index is 12.8. The van der Waals surface area contributed by atoms with Crippen molar-refractivity contribution in [3.05, 3.63) is 60.8 Å². The van der Waals surface area contributed by atoms with Crippen LogP contribution in [-0.2, 0) is 18.4 Å². The molecule has 9 heteroatoms. The van der Waals surface area contributed by atoms with Crippen LogP contribution >= 0.6 is 7.82 Å². The molecule has 3 atom stereocenters. The number of hydrogen-bond donors (Lipinski definition) is 2. The van der Waals surface area contributed by atoms with Gasteiger partial charge in [-0.05, 0) is 70.6 Å². The highest BCUT2D eigenvalue weighted by atomic mass is 31.2. The topological polar surface area (TPSA) is 108 Å². The Labute approximate surface area is 320 Å². The molecule has 0 saturated heterocycles. The number of phosphoric acid groups is 1. The fraction of sp³-hybridized carbons (Fsp3) is 0.744. The van der Waals surface area contributed by atoms with E-state index in [9.17, 15) is 19.4 Å². The Hall–Kier alpha value is -1.80. The van der Waals surface area contributed by atoms with Crippen molar-refractivity contribution in [3.63, 3.8) is 0 Å². The Morgan fingerprint density at radius 1 is 0.673 bits per heavy atom. The zero-order valence-electron chi connectivity index (χ0n) is 34.0. The highest BCUT2D eigenvalue weighted by Crippen LogP contribution is 2.38. The number of likely N-dealkylation sites (N-methyl/N-ethyl adjacent to an activating group) is 1. The largest absolute Gasteiger partial charge is 0.756 e. The number of hydrogen-bond acceptors (Lipinski definition) is 6. The number of aliphatic hydroxyl groups excluding tert-OH is 1. The van der Waals surface area contributed by atoms with E-state index in [2.05, 4.69) is 67.8 Å². The van der Waals surface area contributed by atoms with Crippen LogP contribution in [0.25, 0.3) is 0 Å². The molecule has 52 heavy (non-hydrogen) atoms. The number of nitrogens with zero attached hydrogens (tertiary/aromatic N) is 1. The lowest BCUT2D eigenvalue weighted by molar-refractivity contribution is -0.870. The molecular formula is C43H79N2O6P. The standard InChI is InChI=1S/C43H79N2O6P/c1-6-8-10-12-14-16-18-19-20-21-22-23-24-25-27-29-31-33-35-37-43(47)44-41(40-51-52(48,49)50-39-38-45(3,4)5)42(46)36-34-32-30-28-26-17-15-13-11-9-7-2/h14,16,19-20,22-23,26,28,34,36,41-42,46H,6-13,15,17-18,21,24-25,27,29-33,35,37-40H2,1-5H3,(H-,44,47,48,49)/b16-14-,20-19-,23-22-,28-26+,36-34+. The molecule has 3 unspecified atom stereocenters. The zero-order chi connectivity index (χ0) is 38.6. The maximum Gasteiger partial charge on any atom is 0.268 e. The van der Waals surface area contributed by atoms with Crippen LogP contribution < -0.4 is 10.2 Å². The van der Waals surface area contributed by atoms with Crippen molar-refractivity contribution in [2.24, 2.45) is 0 Å². The van der Waals surface area contributed by atoms with Crippen molar-refractivity contribution in [3.8, 4) is 0 Å². The molecule has 0 bridgehead atoms. The van der Waals surface area contributed by atoms with Crippen LogP contribution in [0.4, 0.5) is 0 Å². The number of carbonyl (C=O) groups is 1. The van der Waals surface area contributed by atoms with Gasteiger partial charge in [0.1, 0.15) is 13.2 Å². The molecule has 0 aromatic heterocycles. The van der Waals surface area contributed by atoms with E-state index in [1.807, 2.05) is 27.2 Å². The molecule has 0 fully saturated rings. The lowest BCUT2D eigenvalue weighted by Gasteiger charge is -2.29. The number of rotatable bonds is 36. The van der Waals surface area contributed by atoms with E-state index in [4.69, 9.17) is 9.05 Å². The molecule has 0 radical (unpaired) electrons. The molecule has 0 rings (SSSR count). The Morgan fingerprint density at radius 2 is 1.13 bits per heavy atom. The molecule has 1 amide bonds. The molecule has 0 aliphatic heterocycles. The molecule has 0 saturated carbocycles. The van der Waals surface area contributed by atoms with Crippen LogP contribution in [0.2, 0.25) is 0 Å². The second kappa shape index (κ2) is 34.9. The van der Waals surface area contributed by atoms with Crippen molar-refractivity contribution in [2.45, 2.75) is 167 Å². The average Bonchev–Trinajstić information content (AvgIpc) is 3.09. The highest BCUT2D eigenvalue weighted by molar-refractivity contribution is 7.45. The Morgan fingerprint density at radius 3 is 1.73 bits per heavy atom. The second-order valence-corrected chi connectivity index (χ2v) is 16.4. The van der Waals surface area contributed by atoms with Crippen molar-refractivity contribution in [1.82, 2.24) is 5.32 Å². The number of quaternary nitrogens is 1. The molecular weight excluding hydrogens is 671 g/mol. The van der Waals surface area contributed by atoms with Crippen LogP contribution in [0.1, 0.15) is 155 Å². The summed E-state index contributed by atoms with van der Waals surface area (Å²) >= 11 is 0. The van der Waals surface area contributed by atoms with Gasteiger partial charge in [0.25, 0.3) is 7.82 Å². The van der Waals surface area contributed by atoms with Crippen LogP contribution in [0.5, 0.6) is 0 Å². The van der Waals surface area contributed by atoms with Crippen molar-refractivity contribution in [2.75, 3.05) is 40.9 Å². The summed E-state index contributed by atoms with van der Waals surface area (Å²) in [6, 6.07) is -0.910. The van der Waals surface area contributed by atoms with Gasteiger partial charge in [0, 0.05) is 6.42 Å². The summed E-state index contributed by atoms with van der Waals surface area (Å²) in [5, 5.41) is 13.7. The van der Waals surface area contributed by atoms with Gasteiger partial charge in [-0.1, -0.05) is 139 Å². The summed E-state index contributed by atoms with van der Waals surface area (Å²) in [5.74, 6) is -0.225. The zero-order valence-corrected chi connectivity index (χ0v) is 34.9. The molecule has 0 aliphatic carbocycles. The lowest BCUT2D eigenvalue weighted by atomic mass is 10.1. The summed E-state index contributed by atoms with van der Waals surface area (Å²) in [6.45, 7) is 4.53. The first-order valence-corrected chi connectivity index (χ1v) is 22.1. The summed E-state index contributed by atoms with van der Waals surface area (Å²) in [4.78, 5) is 25.2. The normalized spacial score (nSPS) is 15.1. The maximum absolute atomic E-state index is 12.8. The van der Waals surface area contributed by atoms with Gasteiger partial charge in [0.15, 0.2) is 0 Å². The summed E-state index contributed by atoms with van der Waals surface area (Å²) in [7, 11) is 1.22. The molecule has 2 N–H and O–H groups in total. The van der Waals surface area contributed by atoms with E-state index >= 15 is 0 Å². The third kappa shape index (κ3) is 36.6. The number of carbonyl (C=O) groups excluding carboxylic acids is 1. The van der Waals surface area contributed by atoms with Gasteiger partial charge in [0.05, 0.1) is 39.9 Å². The van der Waals surface area contributed by atoms with Crippen LogP contribution in [0, 0.1) is 0 Å². The molecule has 0 aromatic carbocycles. The van der Waals surface area contributed by atoms with Gasteiger partial charge in [0.2, 0.25) is 5.91 Å². The van der Waals surface area contributed by atoms with Gasteiger partial charge in [-0.2, -0.15) is 0 Å². The van der Waals surface area contributed by atoms with Crippen LogP contribution in [0.3, 0.4) is 0 Å². The number of aliphatic hydroxyl groups is 1. The van der Waals surface area contributed by atoms with Crippen molar-refractivity contribution >= 4 is 13.7 Å². The fourth-order valence-electron chi connectivity index (χ4n) is 5.35. The van der Waals surface area contributed by atoms with E-state index in [1.165, 1.54) is 70.6 Å². The van der Waals surface area contributed by atoms with Crippen molar-refractivity contribution in [1.29, 1.82) is 0 Å². The molecule has 0 spiro atoms. The van der Waals surface area contributed by atoms with Gasteiger partial charge in [-0.3, -0.25) is 9.36 Å². The first-order chi connectivity index (χ1) is 25.0. The van der Waals surface area contributed by atoms with Crippen LogP contribution in [-0.4, -0.2) is 68.5 Å². The average molecular weight is 751 g/mol. The Kier molecular flexibility index (Phi) is 33.7. The van der Waals surface area contributed by atoms with Crippen LogP contribution in [0.15, 0.2) is 60.8 Å². The monoisotopic (exact) mass is 751 g/mol. The van der Waals surface area contributed by atoms with E-state index in [0.717, 1.165) is 64.2 Å². The molecule has 0 aromatic rings. The highest BCUT2D eigenvalue weighted by Gasteiger charge is 2.23. The smallest absolute Gasteiger partial charge is 0.268 e. The van der Waals surface area contributed by atoms with E-state index in [0.29, 0.717) is 17.4 Å². The van der Waals surface area contributed by atoms with Crippen molar-refractivity contribution < 1.29 is 32.9 Å².